The monoisotopic (exact) mass is 302 g/mol. The van der Waals surface area contributed by atoms with Crippen molar-refractivity contribution in [3.63, 3.8) is 0 Å². The second kappa shape index (κ2) is 7.60. The van der Waals surface area contributed by atoms with E-state index in [1.165, 1.54) is 12.4 Å². The molecule has 1 aromatic heterocycles. The fraction of sp³-hybridized carbons (Fsp3) is 0.500. The summed E-state index contributed by atoms with van der Waals surface area (Å²) in [7, 11) is -3.69. The number of hydrogen-bond donors (Lipinski definition) is 4. The van der Waals surface area contributed by atoms with Gasteiger partial charge in [-0.2, -0.15) is 0 Å². The van der Waals surface area contributed by atoms with E-state index in [9.17, 15) is 13.2 Å². The number of sulfonamides is 1. The van der Waals surface area contributed by atoms with Gasteiger partial charge in [-0.1, -0.05) is 6.92 Å². The van der Waals surface area contributed by atoms with E-state index in [1.54, 1.807) is 0 Å². The zero-order chi connectivity index (χ0) is 15.0. The number of nitrogens with zero attached hydrogens (tertiary/aromatic N) is 2. The molecule has 0 aromatic carbocycles. The number of urea groups is 1. The van der Waals surface area contributed by atoms with Crippen LogP contribution in [-0.4, -0.2) is 44.1 Å². The first-order valence-corrected chi connectivity index (χ1v) is 7.53. The van der Waals surface area contributed by atoms with E-state index in [0.29, 0.717) is 12.5 Å². The predicted octanol–water partition coefficient (Wildman–Crippen LogP) is -0.755. The summed E-state index contributed by atoms with van der Waals surface area (Å²) in [6, 6.07) is -0.709. The molecule has 10 heteroatoms. The molecule has 0 atom stereocenters. The maximum absolute atomic E-state index is 11.8. The third-order valence-electron chi connectivity index (χ3n) is 2.19. The van der Waals surface area contributed by atoms with Gasteiger partial charge in [-0.3, -0.25) is 0 Å². The van der Waals surface area contributed by atoms with Crippen molar-refractivity contribution in [3.8, 4) is 0 Å². The lowest BCUT2D eigenvalue weighted by Gasteiger charge is -2.07. The number of anilines is 1. The second-order valence-corrected chi connectivity index (χ2v) is 5.62. The average molecular weight is 302 g/mol. The normalized spacial score (nSPS) is 11.1. The van der Waals surface area contributed by atoms with Crippen LogP contribution in [0.5, 0.6) is 0 Å². The average Bonchev–Trinajstić information content (AvgIpc) is 2.42. The summed E-state index contributed by atoms with van der Waals surface area (Å²) >= 11 is 0. The number of amides is 2. The molecular formula is C10H18N6O3S. The summed E-state index contributed by atoms with van der Waals surface area (Å²) in [6.45, 7) is 2.84. The van der Waals surface area contributed by atoms with E-state index in [1.807, 2.05) is 6.92 Å². The number of rotatable bonds is 8. The van der Waals surface area contributed by atoms with Crippen molar-refractivity contribution in [2.24, 2.45) is 5.73 Å². The lowest BCUT2D eigenvalue weighted by molar-refractivity contribution is 0.249. The lowest BCUT2D eigenvalue weighted by atomic mass is 10.5. The lowest BCUT2D eigenvalue weighted by Crippen LogP contribution is -2.37. The third kappa shape index (κ3) is 5.36. The maximum atomic E-state index is 11.8. The van der Waals surface area contributed by atoms with Crippen LogP contribution in [0.25, 0.3) is 0 Å². The van der Waals surface area contributed by atoms with Crippen molar-refractivity contribution in [2.45, 2.75) is 18.2 Å². The molecule has 0 aliphatic carbocycles. The Bertz CT molecular complexity index is 530. The zero-order valence-electron chi connectivity index (χ0n) is 11.1. The zero-order valence-corrected chi connectivity index (χ0v) is 11.9. The van der Waals surface area contributed by atoms with Crippen molar-refractivity contribution < 1.29 is 13.2 Å². The van der Waals surface area contributed by atoms with Gasteiger partial charge in [0.15, 0.2) is 0 Å². The Morgan fingerprint density at radius 2 is 1.90 bits per heavy atom. The number of nitrogens with one attached hydrogen (secondary N) is 3. The fourth-order valence-electron chi connectivity index (χ4n) is 1.24. The van der Waals surface area contributed by atoms with Crippen molar-refractivity contribution in [2.75, 3.05) is 25.0 Å². The Kier molecular flexibility index (Phi) is 6.12. The highest BCUT2D eigenvalue weighted by molar-refractivity contribution is 7.89. The Labute approximate surface area is 117 Å². The molecule has 9 nitrogen and oxygen atoms in total. The van der Waals surface area contributed by atoms with Crippen LogP contribution >= 0.6 is 0 Å². The Hall–Kier alpha value is -1.94. The molecule has 1 heterocycles. The summed E-state index contributed by atoms with van der Waals surface area (Å²) in [5.74, 6) is 0.376. The number of nitrogens with two attached hydrogens (primary N) is 1. The summed E-state index contributed by atoms with van der Waals surface area (Å²) in [4.78, 5) is 18.2. The van der Waals surface area contributed by atoms with Gasteiger partial charge in [-0.25, -0.2) is 27.9 Å². The Morgan fingerprint density at radius 3 is 2.45 bits per heavy atom. The van der Waals surface area contributed by atoms with Crippen LogP contribution in [0.1, 0.15) is 13.3 Å². The minimum atomic E-state index is -3.69. The van der Waals surface area contributed by atoms with E-state index < -0.39 is 16.1 Å². The van der Waals surface area contributed by atoms with Gasteiger partial charge in [0.25, 0.3) is 0 Å². The highest BCUT2D eigenvalue weighted by Gasteiger charge is 2.14. The number of aromatic nitrogens is 2. The highest BCUT2D eigenvalue weighted by atomic mass is 32.2. The molecule has 0 unspecified atom stereocenters. The molecule has 0 aliphatic heterocycles. The van der Waals surface area contributed by atoms with E-state index in [-0.39, 0.29) is 18.0 Å². The van der Waals surface area contributed by atoms with E-state index in [4.69, 9.17) is 5.73 Å². The molecule has 1 aromatic rings. The van der Waals surface area contributed by atoms with Gasteiger partial charge in [0, 0.05) is 19.6 Å². The van der Waals surface area contributed by atoms with Crippen LogP contribution in [0.4, 0.5) is 10.7 Å². The van der Waals surface area contributed by atoms with Crippen molar-refractivity contribution >= 4 is 22.0 Å². The van der Waals surface area contributed by atoms with Gasteiger partial charge in [-0.15, -0.1) is 0 Å². The number of primary amides is 1. The van der Waals surface area contributed by atoms with Gasteiger partial charge in [-0.05, 0) is 6.42 Å². The minimum Gasteiger partial charge on any atom is -0.354 e. The maximum Gasteiger partial charge on any atom is 0.312 e. The van der Waals surface area contributed by atoms with E-state index >= 15 is 0 Å². The molecule has 0 spiro atoms. The molecule has 0 saturated heterocycles. The van der Waals surface area contributed by atoms with Crippen molar-refractivity contribution in [1.82, 2.24) is 20.0 Å². The van der Waals surface area contributed by atoms with Crippen LogP contribution in [0.15, 0.2) is 17.3 Å². The van der Waals surface area contributed by atoms with Gasteiger partial charge in [0.2, 0.25) is 16.0 Å². The fourth-order valence-corrected chi connectivity index (χ4v) is 2.16. The summed E-state index contributed by atoms with van der Waals surface area (Å²) in [5, 5.41) is 5.21. The van der Waals surface area contributed by atoms with Crippen molar-refractivity contribution in [3.05, 3.63) is 12.4 Å². The number of carbonyl (C=O) groups is 1. The van der Waals surface area contributed by atoms with Crippen LogP contribution in [0, 0.1) is 0 Å². The smallest absolute Gasteiger partial charge is 0.312 e. The van der Waals surface area contributed by atoms with E-state index in [2.05, 4.69) is 25.3 Å². The van der Waals surface area contributed by atoms with Crippen molar-refractivity contribution in [1.29, 1.82) is 0 Å². The molecule has 1 rings (SSSR count). The minimum absolute atomic E-state index is 0.0289. The first kappa shape index (κ1) is 16.1. The molecule has 2 amide bonds. The number of hydrogen-bond acceptors (Lipinski definition) is 6. The first-order valence-electron chi connectivity index (χ1n) is 6.04. The SMILES string of the molecule is CCCNc1ncc(S(=O)(=O)NCCNC(N)=O)cn1. The van der Waals surface area contributed by atoms with Crippen LogP contribution in [0.3, 0.4) is 0 Å². The van der Waals surface area contributed by atoms with Crippen LogP contribution < -0.4 is 21.1 Å². The third-order valence-corrected chi connectivity index (χ3v) is 3.60. The first-order chi connectivity index (χ1) is 9.45. The predicted molar refractivity (Wildman–Crippen MR) is 73.6 cm³/mol. The molecule has 0 saturated carbocycles. The largest absolute Gasteiger partial charge is 0.354 e. The molecule has 20 heavy (non-hydrogen) atoms. The standard InChI is InChI=1S/C10H18N6O3S/c1-2-3-13-10-14-6-8(7-15-10)20(18,19)16-5-4-12-9(11)17/h6-7,16H,2-5H2,1H3,(H3,11,12,17)(H,13,14,15). The summed E-state index contributed by atoms with van der Waals surface area (Å²) in [5.41, 5.74) is 4.86. The molecular weight excluding hydrogens is 284 g/mol. The quantitative estimate of drug-likeness (QED) is 0.466. The van der Waals surface area contributed by atoms with Crippen LogP contribution in [0.2, 0.25) is 0 Å². The van der Waals surface area contributed by atoms with Gasteiger partial charge in [0.1, 0.15) is 4.90 Å². The molecule has 0 bridgehead atoms. The topological polar surface area (TPSA) is 139 Å². The molecule has 0 aliphatic rings. The van der Waals surface area contributed by atoms with Crippen LogP contribution in [-0.2, 0) is 10.0 Å². The molecule has 0 fully saturated rings. The molecule has 112 valence electrons. The Morgan fingerprint density at radius 1 is 1.25 bits per heavy atom. The molecule has 0 radical (unpaired) electrons. The summed E-state index contributed by atoms with van der Waals surface area (Å²) in [6.07, 6.45) is 3.35. The Balaban J connectivity index is 2.56. The van der Waals surface area contributed by atoms with E-state index in [0.717, 1.165) is 6.42 Å². The summed E-state index contributed by atoms with van der Waals surface area (Å²) < 4.78 is 26.0. The van der Waals surface area contributed by atoms with Gasteiger partial charge in [0.05, 0.1) is 12.4 Å². The van der Waals surface area contributed by atoms with Gasteiger partial charge < -0.3 is 16.4 Å². The molecule has 5 N–H and O–H groups in total. The number of carbonyl (C=O) groups excluding carboxylic acids is 1. The van der Waals surface area contributed by atoms with Gasteiger partial charge >= 0.3 is 6.03 Å². The highest BCUT2D eigenvalue weighted by Crippen LogP contribution is 2.06. The second-order valence-electron chi connectivity index (χ2n) is 3.86.